The Morgan fingerprint density at radius 2 is 2.08 bits per heavy atom. The van der Waals surface area contributed by atoms with Crippen LogP contribution in [0.2, 0.25) is 0 Å². The van der Waals surface area contributed by atoms with Crippen molar-refractivity contribution < 1.29 is 17.4 Å². The minimum absolute atomic E-state index is 0.275. The lowest BCUT2D eigenvalue weighted by atomic mass is 10.0. The minimum Gasteiger partial charge on any atom is -0.367 e. The maximum Gasteiger partial charge on any atom is 0.141 e. The highest BCUT2D eigenvalue weighted by Crippen LogP contribution is 2.37. The van der Waals surface area contributed by atoms with Crippen molar-refractivity contribution in [2.75, 3.05) is 0 Å². The number of pyridine rings is 2. The van der Waals surface area contributed by atoms with Crippen LogP contribution in [-0.2, 0) is 17.9 Å². The van der Waals surface area contributed by atoms with Crippen LogP contribution in [0.3, 0.4) is 0 Å². The van der Waals surface area contributed by atoms with E-state index in [1.54, 1.807) is 24.5 Å². The van der Waals surface area contributed by atoms with Gasteiger partial charge < -0.3 is 4.74 Å². The van der Waals surface area contributed by atoms with Crippen LogP contribution >= 0.6 is 0 Å². The summed E-state index contributed by atoms with van der Waals surface area (Å²) in [6.07, 6.45) is 4.22. The van der Waals surface area contributed by atoms with Gasteiger partial charge in [0.05, 0.1) is 36.3 Å². The summed E-state index contributed by atoms with van der Waals surface area (Å²) in [5.74, 6) is -0.514. The fraction of sp³-hybridized carbons (Fsp3) is 0.278. The highest BCUT2D eigenvalue weighted by Gasteiger charge is 2.31. The molecule has 0 aromatic carbocycles. The van der Waals surface area contributed by atoms with Crippen LogP contribution in [-0.4, -0.2) is 25.3 Å². The molecular weight excluding hydrogens is 307 g/mol. The molecule has 1 aliphatic heterocycles. The third-order valence-corrected chi connectivity index (χ3v) is 3.82. The van der Waals surface area contributed by atoms with Crippen molar-refractivity contribution in [2.24, 2.45) is 0 Å². The standard InChI is InChI=1S/C18H17FN4O/c1-18(2)11-23-15(10-24-18)16(12-5-7-20-8-6-12)17(22-23)14-4-3-13(19)9-21-14/h3-9H,10-11H2,1-2H3/i1D3,2D3. The Balaban J connectivity index is 1.92. The van der Waals surface area contributed by atoms with Gasteiger partial charge in [-0.25, -0.2) is 4.39 Å². The fourth-order valence-corrected chi connectivity index (χ4v) is 2.74. The summed E-state index contributed by atoms with van der Waals surface area (Å²) in [6, 6.07) is 6.17. The molecular formula is C18H17FN4O. The van der Waals surface area contributed by atoms with E-state index in [9.17, 15) is 4.39 Å². The third kappa shape index (κ3) is 2.59. The van der Waals surface area contributed by atoms with Crippen LogP contribution in [0.15, 0.2) is 42.9 Å². The van der Waals surface area contributed by atoms with Crippen molar-refractivity contribution in [3.05, 3.63) is 54.4 Å². The average Bonchev–Trinajstić information content (AvgIpc) is 3.06. The molecule has 0 atom stereocenters. The summed E-state index contributed by atoms with van der Waals surface area (Å²) in [7, 11) is 0. The van der Waals surface area contributed by atoms with Gasteiger partial charge in [-0.1, -0.05) is 0 Å². The minimum atomic E-state index is -2.91. The quantitative estimate of drug-likeness (QED) is 0.722. The van der Waals surface area contributed by atoms with E-state index in [-0.39, 0.29) is 6.61 Å². The monoisotopic (exact) mass is 330 g/mol. The molecule has 6 heteroatoms. The van der Waals surface area contributed by atoms with Crippen LogP contribution in [0.5, 0.6) is 0 Å². The second-order valence-corrected chi connectivity index (χ2v) is 5.54. The van der Waals surface area contributed by atoms with Crippen LogP contribution in [0.1, 0.15) is 27.6 Å². The Morgan fingerprint density at radius 1 is 1.25 bits per heavy atom. The van der Waals surface area contributed by atoms with Gasteiger partial charge in [0, 0.05) is 26.2 Å². The first-order valence-electron chi connectivity index (χ1n) is 10.3. The van der Waals surface area contributed by atoms with Crippen LogP contribution in [0, 0.1) is 5.82 Å². The molecule has 0 amide bonds. The second kappa shape index (κ2) is 5.49. The Bertz CT molecular complexity index is 1050. The zero-order valence-corrected chi connectivity index (χ0v) is 12.5. The van der Waals surface area contributed by atoms with Gasteiger partial charge in [0.25, 0.3) is 0 Å². The molecule has 0 aliphatic carbocycles. The summed E-state index contributed by atoms with van der Waals surface area (Å²) in [5, 5.41) is 4.48. The molecule has 3 aromatic rings. The van der Waals surface area contributed by atoms with Gasteiger partial charge in [-0.2, -0.15) is 5.10 Å². The molecule has 0 radical (unpaired) electrons. The smallest absolute Gasteiger partial charge is 0.141 e. The molecule has 4 rings (SSSR count). The van der Waals surface area contributed by atoms with Crippen molar-refractivity contribution in [1.82, 2.24) is 19.7 Å². The van der Waals surface area contributed by atoms with E-state index >= 15 is 0 Å². The van der Waals surface area contributed by atoms with Gasteiger partial charge >= 0.3 is 0 Å². The molecule has 3 aromatic heterocycles. The van der Waals surface area contributed by atoms with Crippen LogP contribution < -0.4 is 0 Å². The summed E-state index contributed by atoms with van der Waals surface area (Å²) in [5.41, 5.74) is 0.145. The Labute approximate surface area is 147 Å². The predicted molar refractivity (Wildman–Crippen MR) is 87.5 cm³/mol. The molecule has 24 heavy (non-hydrogen) atoms. The highest BCUT2D eigenvalue weighted by atomic mass is 19.1. The number of hydrogen-bond acceptors (Lipinski definition) is 4. The van der Waals surface area contributed by atoms with Crippen molar-refractivity contribution in [3.8, 4) is 22.5 Å². The first-order chi connectivity index (χ1) is 14.0. The van der Waals surface area contributed by atoms with Gasteiger partial charge in [-0.15, -0.1) is 0 Å². The van der Waals surface area contributed by atoms with Crippen molar-refractivity contribution in [3.63, 3.8) is 0 Å². The van der Waals surface area contributed by atoms with Crippen LogP contribution in [0.4, 0.5) is 4.39 Å². The molecule has 0 bridgehead atoms. The number of ether oxygens (including phenoxy) is 1. The maximum absolute atomic E-state index is 13.4. The molecule has 1 aliphatic rings. The number of aromatic nitrogens is 4. The summed E-state index contributed by atoms with van der Waals surface area (Å²) >= 11 is 0. The number of halogens is 1. The molecule has 0 unspecified atom stereocenters. The van der Waals surface area contributed by atoms with E-state index in [1.165, 1.54) is 16.8 Å². The molecule has 0 N–H and O–H groups in total. The average molecular weight is 330 g/mol. The number of fused-ring (bicyclic) bond motifs is 1. The van der Waals surface area contributed by atoms with E-state index in [2.05, 4.69) is 15.1 Å². The highest BCUT2D eigenvalue weighted by molar-refractivity contribution is 5.81. The summed E-state index contributed by atoms with van der Waals surface area (Å²) < 4.78 is 67.3. The topological polar surface area (TPSA) is 52.8 Å². The SMILES string of the molecule is [2H]C([2H])([2H])C1(C([2H])([2H])[2H])Cn2nc(-c3ccc(F)cn3)c(-c3ccncc3)c2CO1. The van der Waals surface area contributed by atoms with Crippen molar-refractivity contribution in [2.45, 2.75) is 32.5 Å². The summed E-state index contributed by atoms with van der Waals surface area (Å²) in [6.45, 7) is -6.59. The zero-order chi connectivity index (χ0) is 21.7. The van der Waals surface area contributed by atoms with Gasteiger partial charge in [-0.3, -0.25) is 14.6 Å². The van der Waals surface area contributed by atoms with Gasteiger partial charge in [0.1, 0.15) is 11.5 Å². The molecule has 0 fully saturated rings. The Hall–Kier alpha value is -2.60. The number of nitrogens with zero attached hydrogens (tertiary/aromatic N) is 4. The largest absolute Gasteiger partial charge is 0.367 e. The summed E-state index contributed by atoms with van der Waals surface area (Å²) in [4.78, 5) is 8.08. The van der Waals surface area contributed by atoms with E-state index < -0.39 is 31.7 Å². The fourth-order valence-electron chi connectivity index (χ4n) is 2.74. The second-order valence-electron chi connectivity index (χ2n) is 5.54. The zero-order valence-electron chi connectivity index (χ0n) is 18.5. The molecule has 122 valence electrons. The van der Waals surface area contributed by atoms with Crippen molar-refractivity contribution in [1.29, 1.82) is 0 Å². The van der Waals surface area contributed by atoms with Crippen LogP contribution in [0.25, 0.3) is 22.5 Å². The third-order valence-electron chi connectivity index (χ3n) is 3.82. The number of hydrogen-bond donors (Lipinski definition) is 0. The van der Waals surface area contributed by atoms with Crippen molar-refractivity contribution >= 4 is 0 Å². The molecule has 4 heterocycles. The van der Waals surface area contributed by atoms with Gasteiger partial charge in [0.15, 0.2) is 0 Å². The van der Waals surface area contributed by atoms with E-state index in [1.807, 2.05) is 0 Å². The van der Waals surface area contributed by atoms with Gasteiger partial charge in [-0.05, 0) is 43.5 Å². The predicted octanol–water partition coefficient (Wildman–Crippen LogP) is 3.46. The first-order valence-corrected chi connectivity index (χ1v) is 7.29. The Kier molecular flexibility index (Phi) is 2.20. The molecule has 0 spiro atoms. The molecule has 0 saturated carbocycles. The lowest BCUT2D eigenvalue weighted by molar-refractivity contribution is -0.0657. The van der Waals surface area contributed by atoms with E-state index in [0.717, 1.165) is 6.20 Å². The lowest BCUT2D eigenvalue weighted by Gasteiger charge is -2.31. The molecule has 0 saturated heterocycles. The number of rotatable bonds is 2. The van der Waals surface area contributed by atoms with E-state index in [0.29, 0.717) is 28.2 Å². The maximum atomic E-state index is 13.4. The normalized spacial score (nSPS) is 20.7. The van der Waals surface area contributed by atoms with E-state index in [4.69, 9.17) is 13.0 Å². The first kappa shape index (κ1) is 9.64. The Morgan fingerprint density at radius 3 is 2.79 bits per heavy atom. The lowest BCUT2D eigenvalue weighted by Crippen LogP contribution is -2.36. The molecule has 5 nitrogen and oxygen atoms in total. The van der Waals surface area contributed by atoms with Gasteiger partial charge in [0.2, 0.25) is 0 Å².